The smallest absolute Gasteiger partial charge is 0.0777 e. The number of rotatable bonds is 4. The van der Waals surface area contributed by atoms with Gasteiger partial charge < -0.3 is 22.9 Å². The van der Waals surface area contributed by atoms with Crippen molar-refractivity contribution in [2.45, 2.75) is 0 Å². The topological polar surface area (TPSA) is 462 Å². The molecular weight excluding hydrogens is 514 g/mol. The summed E-state index contributed by atoms with van der Waals surface area (Å²) in [6.07, 6.45) is 0. The lowest BCUT2D eigenvalue weighted by atomic mass is 9.89. The highest BCUT2D eigenvalue weighted by molar-refractivity contribution is 4.82. The predicted molar refractivity (Wildman–Crippen MR) is 47.5 cm³/mol. The minimum Gasteiger partial charge on any atom is -0.330 e. The van der Waals surface area contributed by atoms with E-state index in [9.17, 15) is 0 Å². The van der Waals surface area contributed by atoms with Crippen LogP contribution in [0.15, 0.2) is 0 Å². The third kappa shape index (κ3) is 129. The van der Waals surface area contributed by atoms with Crippen molar-refractivity contribution in [3.8, 4) is 0 Å². The Balaban J connectivity index is -0.0000000853. The van der Waals surface area contributed by atoms with Gasteiger partial charge in [-0.1, -0.05) is 0 Å². The first-order valence-electron chi connectivity index (χ1n) is 5.57. The molecule has 0 aliphatic heterocycles. The maximum Gasteiger partial charge on any atom is 0.0777 e. The highest BCUT2D eigenvalue weighted by atomic mass is 35.7. The molecule has 0 bridgehead atoms. The van der Waals surface area contributed by atoms with Crippen molar-refractivity contribution in [3.05, 3.63) is 0 Å². The average Bonchev–Trinajstić information content (AvgIpc) is 2.34. The third-order valence-corrected chi connectivity index (χ3v) is 1.73. The van der Waals surface area contributed by atoms with Gasteiger partial charge in [-0.2, -0.15) is 55.9 Å². The van der Waals surface area contributed by atoms with Crippen LogP contribution < -0.4 is 78.8 Å². The van der Waals surface area contributed by atoms with Crippen molar-refractivity contribution >= 4 is 0 Å². The van der Waals surface area contributed by atoms with Crippen molar-refractivity contribution in [3.63, 3.8) is 0 Å². The molecule has 0 heterocycles. The van der Waals surface area contributed by atoms with E-state index in [0.717, 1.165) is 0 Å². The van der Waals surface area contributed by atoms with Gasteiger partial charge in [0.15, 0.2) is 0 Å². The van der Waals surface area contributed by atoms with Crippen LogP contribution in [0.4, 0.5) is 0 Å². The SMILES string of the molecule is NCC(CN)(CN)CN.[O-][Cl+3]([O-])([O-])O.[O-][Cl+3]([O-])([O-])O.[O-][Cl+3]([O-])([O-])O.[O-][Cl+3]([O-])([O-])O. The first-order chi connectivity index (χ1) is 12.2. The van der Waals surface area contributed by atoms with Crippen LogP contribution in [0.3, 0.4) is 0 Å². The summed E-state index contributed by atoms with van der Waals surface area (Å²) in [6.45, 7) is 1.88. The molecule has 20 nitrogen and oxygen atoms in total. The molecule has 0 aromatic carbocycles. The van der Waals surface area contributed by atoms with Crippen LogP contribution in [0, 0.1) is 46.4 Å². The van der Waals surface area contributed by atoms with Gasteiger partial charge >= 0.3 is 0 Å². The average molecular weight is 534 g/mol. The van der Waals surface area contributed by atoms with Crippen LogP contribution in [0.2, 0.25) is 0 Å². The van der Waals surface area contributed by atoms with Crippen molar-refractivity contribution in [1.82, 2.24) is 0 Å². The molecule has 0 aromatic heterocycles. The molecule has 0 aromatic rings. The molecule has 0 rings (SSSR count). The molecule has 184 valence electrons. The maximum atomic E-state index is 8.60. The highest BCUT2D eigenvalue weighted by Gasteiger charge is 2.22. The Morgan fingerprint density at radius 2 is 0.483 bits per heavy atom. The molecule has 0 saturated carbocycles. The zero-order chi connectivity index (χ0) is 25.3. The van der Waals surface area contributed by atoms with E-state index in [1.807, 2.05) is 0 Å². The molecule has 0 aliphatic rings. The lowest BCUT2D eigenvalue weighted by Crippen LogP contribution is -2.58. The summed E-state index contributed by atoms with van der Waals surface area (Å²) < 4.78 is 131. The van der Waals surface area contributed by atoms with Gasteiger partial charge in [0.05, 0.1) is 59.6 Å². The quantitative estimate of drug-likeness (QED) is 0.166. The molecule has 0 saturated heterocycles. The summed E-state index contributed by atoms with van der Waals surface area (Å²) in [5.41, 5.74) is 21.4. The van der Waals surface area contributed by atoms with Gasteiger partial charge in [-0.3, -0.25) is 0 Å². The number of nitrogens with two attached hydrogens (primary N) is 4. The van der Waals surface area contributed by atoms with Crippen LogP contribution in [0.5, 0.6) is 0 Å². The Morgan fingerprint density at radius 1 is 0.414 bits per heavy atom. The minimum atomic E-state index is -4.69. The molecule has 0 radical (unpaired) electrons. The second kappa shape index (κ2) is 18.0. The van der Waals surface area contributed by atoms with Crippen LogP contribution in [0.1, 0.15) is 0 Å². The second-order valence-corrected chi connectivity index (χ2v) is 7.07. The molecule has 0 unspecified atom stereocenters. The first-order valence-corrected chi connectivity index (χ1v) is 10.6. The molecule has 0 amide bonds. The van der Waals surface area contributed by atoms with Gasteiger partial charge in [0, 0.05) is 31.6 Å². The van der Waals surface area contributed by atoms with Crippen LogP contribution in [-0.2, 0) is 0 Å². The van der Waals surface area contributed by atoms with Gasteiger partial charge in [0.1, 0.15) is 0 Å². The van der Waals surface area contributed by atoms with Gasteiger partial charge in [0.2, 0.25) is 0 Å². The zero-order valence-corrected chi connectivity index (χ0v) is 16.9. The summed E-state index contributed by atoms with van der Waals surface area (Å²) in [5.74, 6) is 0. The Bertz CT molecular complexity index is 262. The molecule has 0 spiro atoms. The number of halogens is 4. The molecule has 0 fully saturated rings. The summed E-state index contributed by atoms with van der Waals surface area (Å²) in [4.78, 5) is 0. The fourth-order valence-electron chi connectivity index (χ4n) is 0.500. The Hall–Kier alpha value is 0.360. The summed E-state index contributed by atoms with van der Waals surface area (Å²) in [6, 6.07) is 0. The van der Waals surface area contributed by atoms with E-state index < -0.39 is 41.0 Å². The summed E-state index contributed by atoms with van der Waals surface area (Å²) in [7, 11) is -18.8. The molecular formula is C5H20Cl4N4O16. The van der Waals surface area contributed by atoms with E-state index in [1.54, 1.807) is 0 Å². The summed E-state index contributed by atoms with van der Waals surface area (Å²) in [5, 5.41) is 0. The van der Waals surface area contributed by atoms with Crippen molar-refractivity contribution in [1.29, 1.82) is 0 Å². The van der Waals surface area contributed by atoms with E-state index >= 15 is 0 Å². The predicted octanol–water partition coefficient (Wildman–Crippen LogP) is -18.7. The molecule has 0 atom stereocenters. The largest absolute Gasteiger partial charge is 0.330 e. The normalized spacial score (nSPS) is 12.0. The van der Waals surface area contributed by atoms with Crippen molar-refractivity contribution in [2.24, 2.45) is 28.3 Å². The minimum absolute atomic E-state index is 0.222. The monoisotopic (exact) mass is 532 g/mol. The first kappa shape index (κ1) is 39.8. The summed E-state index contributed by atoms with van der Waals surface area (Å²) >= 11 is 0. The Kier molecular flexibility index (Phi) is 24.7. The fraction of sp³-hybridized carbons (Fsp3) is 1.00. The van der Waals surface area contributed by atoms with E-state index in [1.165, 1.54) is 0 Å². The highest BCUT2D eigenvalue weighted by Crippen LogP contribution is 2.06. The Labute approximate surface area is 170 Å². The Morgan fingerprint density at radius 3 is 0.483 bits per heavy atom. The zero-order valence-electron chi connectivity index (χ0n) is 13.8. The van der Waals surface area contributed by atoms with E-state index in [2.05, 4.69) is 0 Å². The number of hydrogen-bond acceptors (Lipinski definition) is 20. The molecule has 0 aliphatic carbocycles. The lowest BCUT2D eigenvalue weighted by molar-refractivity contribution is -1.92. The standard InChI is InChI=1S/C5H16N4.4ClHO4/c6-1-5(2-7,3-8)4-9;4*2-1(3,4)5/h1-4,6-9H2;4*(H,2,3,4,5). The van der Waals surface area contributed by atoms with E-state index in [-0.39, 0.29) is 5.41 Å². The van der Waals surface area contributed by atoms with Gasteiger partial charge in [-0.25, -0.2) is 0 Å². The maximum absolute atomic E-state index is 8.60. The molecule has 24 heteroatoms. The molecule has 12 N–H and O–H groups in total. The third-order valence-electron chi connectivity index (χ3n) is 1.73. The van der Waals surface area contributed by atoms with E-state index in [0.29, 0.717) is 26.2 Å². The number of hydrogen-bond donors (Lipinski definition) is 8. The van der Waals surface area contributed by atoms with Crippen LogP contribution >= 0.6 is 0 Å². The van der Waals surface area contributed by atoms with Gasteiger partial charge in [-0.05, 0) is 0 Å². The van der Waals surface area contributed by atoms with Crippen molar-refractivity contribution < 1.29 is 116 Å². The van der Waals surface area contributed by atoms with Gasteiger partial charge in [-0.15, -0.1) is 0 Å². The molecule has 29 heavy (non-hydrogen) atoms. The fourth-order valence-corrected chi connectivity index (χ4v) is 0.500. The van der Waals surface area contributed by atoms with Crippen LogP contribution in [0.25, 0.3) is 0 Å². The van der Waals surface area contributed by atoms with Crippen molar-refractivity contribution in [2.75, 3.05) is 26.2 Å². The van der Waals surface area contributed by atoms with Gasteiger partial charge in [0.25, 0.3) is 0 Å². The lowest BCUT2D eigenvalue weighted by Gasteiger charge is -2.26. The van der Waals surface area contributed by atoms with Crippen LogP contribution in [-0.4, -0.2) is 44.8 Å². The van der Waals surface area contributed by atoms with E-state index in [4.69, 9.17) is 97.5 Å². The second-order valence-electron chi connectivity index (χ2n) is 3.90.